The van der Waals surface area contributed by atoms with E-state index in [1.807, 2.05) is 19.2 Å². The van der Waals surface area contributed by atoms with E-state index in [4.69, 9.17) is 4.74 Å². The zero-order chi connectivity index (χ0) is 13.3. The molecule has 0 atom stereocenters. The molecule has 1 aromatic carbocycles. The van der Waals surface area contributed by atoms with E-state index in [0.29, 0.717) is 6.61 Å². The molecule has 1 aromatic heterocycles. The van der Waals surface area contributed by atoms with Crippen LogP contribution in [0.3, 0.4) is 0 Å². The lowest BCUT2D eigenvalue weighted by molar-refractivity contribution is 0.133. The molecule has 0 fully saturated rings. The van der Waals surface area contributed by atoms with Gasteiger partial charge in [-0.05, 0) is 29.7 Å². The third kappa shape index (κ3) is 4.47. The van der Waals surface area contributed by atoms with Crippen molar-refractivity contribution in [1.29, 1.82) is 0 Å². The van der Waals surface area contributed by atoms with Gasteiger partial charge in [-0.15, -0.1) is 0 Å². The van der Waals surface area contributed by atoms with Gasteiger partial charge in [-0.25, -0.2) is 0 Å². The number of pyridine rings is 1. The third-order valence-corrected chi connectivity index (χ3v) is 2.95. The molecule has 2 rings (SSSR count). The van der Waals surface area contributed by atoms with Crippen LogP contribution in [0, 0.1) is 0 Å². The largest absolute Gasteiger partial charge is 0.377 e. The molecule has 0 aliphatic heterocycles. The zero-order valence-corrected chi connectivity index (χ0v) is 11.3. The lowest BCUT2D eigenvalue weighted by atomic mass is 10.1. The molecule has 0 aliphatic carbocycles. The lowest BCUT2D eigenvalue weighted by Crippen LogP contribution is -2.14. The first kappa shape index (κ1) is 13.7. The molecule has 0 amide bonds. The van der Waals surface area contributed by atoms with Gasteiger partial charge in [0.2, 0.25) is 0 Å². The Balaban J connectivity index is 1.88. The van der Waals surface area contributed by atoms with Gasteiger partial charge in [0.1, 0.15) is 0 Å². The molecule has 100 valence electrons. The Morgan fingerprint density at radius 3 is 2.63 bits per heavy atom. The highest BCUT2D eigenvalue weighted by Gasteiger charge is 2.01. The number of hydrogen-bond acceptors (Lipinski definition) is 3. The summed E-state index contributed by atoms with van der Waals surface area (Å²) in [4.78, 5) is 4.11. The van der Waals surface area contributed by atoms with E-state index in [0.717, 1.165) is 19.7 Å². The third-order valence-electron chi connectivity index (χ3n) is 2.95. The fraction of sp³-hybridized carbons (Fsp3) is 0.312. The summed E-state index contributed by atoms with van der Waals surface area (Å²) in [5.74, 6) is 0. The number of benzene rings is 1. The van der Waals surface area contributed by atoms with Gasteiger partial charge in [0.15, 0.2) is 0 Å². The topological polar surface area (TPSA) is 34.1 Å². The van der Waals surface area contributed by atoms with Crippen LogP contribution in [-0.2, 0) is 24.4 Å². The van der Waals surface area contributed by atoms with Crippen LogP contribution in [-0.4, -0.2) is 11.6 Å². The first-order chi connectivity index (χ1) is 9.40. The van der Waals surface area contributed by atoms with Gasteiger partial charge < -0.3 is 10.1 Å². The Labute approximate surface area is 114 Å². The van der Waals surface area contributed by atoms with Crippen LogP contribution in [0.2, 0.25) is 0 Å². The van der Waals surface area contributed by atoms with Crippen LogP contribution >= 0.6 is 0 Å². The fourth-order valence-corrected chi connectivity index (χ4v) is 1.93. The normalized spacial score (nSPS) is 10.6. The van der Waals surface area contributed by atoms with Gasteiger partial charge in [-0.3, -0.25) is 4.98 Å². The zero-order valence-electron chi connectivity index (χ0n) is 11.3. The number of nitrogens with one attached hydrogen (secondary N) is 1. The van der Waals surface area contributed by atoms with Crippen molar-refractivity contribution in [3.05, 3.63) is 65.5 Å². The SMILES string of the molecule is CCOCc1ccccc1CNCc1cccnc1. The quantitative estimate of drug-likeness (QED) is 0.827. The van der Waals surface area contributed by atoms with Gasteiger partial charge in [0, 0.05) is 32.1 Å². The number of nitrogens with zero attached hydrogens (tertiary/aromatic N) is 1. The van der Waals surface area contributed by atoms with E-state index in [1.54, 1.807) is 6.20 Å². The Bertz CT molecular complexity index is 485. The Kier molecular flexibility index (Phi) is 5.53. The molecule has 0 saturated heterocycles. The second-order valence-electron chi connectivity index (χ2n) is 4.37. The Morgan fingerprint density at radius 2 is 1.89 bits per heavy atom. The van der Waals surface area contributed by atoms with E-state index in [9.17, 15) is 0 Å². The molecule has 0 spiro atoms. The van der Waals surface area contributed by atoms with Crippen LogP contribution in [0.15, 0.2) is 48.8 Å². The average molecular weight is 256 g/mol. The van der Waals surface area contributed by atoms with E-state index >= 15 is 0 Å². The smallest absolute Gasteiger partial charge is 0.0719 e. The predicted octanol–water partition coefficient (Wildman–Crippen LogP) is 2.91. The maximum absolute atomic E-state index is 5.49. The second kappa shape index (κ2) is 7.67. The first-order valence-corrected chi connectivity index (χ1v) is 6.64. The minimum absolute atomic E-state index is 0.682. The van der Waals surface area contributed by atoms with Crippen LogP contribution in [0.1, 0.15) is 23.6 Å². The van der Waals surface area contributed by atoms with Gasteiger partial charge in [-0.2, -0.15) is 0 Å². The molecule has 0 unspecified atom stereocenters. The molecule has 19 heavy (non-hydrogen) atoms. The second-order valence-corrected chi connectivity index (χ2v) is 4.37. The van der Waals surface area contributed by atoms with Gasteiger partial charge in [-0.1, -0.05) is 30.3 Å². The average Bonchev–Trinajstić information content (AvgIpc) is 2.47. The van der Waals surface area contributed by atoms with Crippen molar-refractivity contribution in [2.75, 3.05) is 6.61 Å². The van der Waals surface area contributed by atoms with Crippen LogP contribution in [0.5, 0.6) is 0 Å². The maximum atomic E-state index is 5.49. The minimum atomic E-state index is 0.682. The van der Waals surface area contributed by atoms with Crippen molar-refractivity contribution in [3.8, 4) is 0 Å². The summed E-state index contributed by atoms with van der Waals surface area (Å²) in [6, 6.07) is 12.4. The summed E-state index contributed by atoms with van der Waals surface area (Å²) < 4.78 is 5.49. The number of aromatic nitrogens is 1. The molecule has 3 nitrogen and oxygen atoms in total. The summed E-state index contributed by atoms with van der Waals surface area (Å²) in [6.07, 6.45) is 3.68. The summed E-state index contributed by atoms with van der Waals surface area (Å²) in [7, 11) is 0. The molecule has 3 heteroatoms. The van der Waals surface area contributed by atoms with E-state index in [-0.39, 0.29) is 0 Å². The minimum Gasteiger partial charge on any atom is -0.377 e. The Morgan fingerprint density at radius 1 is 1.05 bits per heavy atom. The van der Waals surface area contributed by atoms with Crippen LogP contribution < -0.4 is 5.32 Å². The van der Waals surface area contributed by atoms with Gasteiger partial charge >= 0.3 is 0 Å². The van der Waals surface area contributed by atoms with E-state index in [2.05, 4.69) is 40.6 Å². The molecule has 0 radical (unpaired) electrons. The highest BCUT2D eigenvalue weighted by Crippen LogP contribution is 2.10. The van der Waals surface area contributed by atoms with Gasteiger partial charge in [0.25, 0.3) is 0 Å². The highest BCUT2D eigenvalue weighted by atomic mass is 16.5. The summed E-state index contributed by atoms with van der Waals surface area (Å²) in [6.45, 7) is 5.12. The number of hydrogen-bond donors (Lipinski definition) is 1. The molecular weight excluding hydrogens is 236 g/mol. The van der Waals surface area contributed by atoms with Crippen molar-refractivity contribution in [2.24, 2.45) is 0 Å². The van der Waals surface area contributed by atoms with Crippen molar-refractivity contribution in [3.63, 3.8) is 0 Å². The highest BCUT2D eigenvalue weighted by molar-refractivity contribution is 5.26. The molecule has 0 bridgehead atoms. The van der Waals surface area contributed by atoms with Crippen molar-refractivity contribution < 1.29 is 4.74 Å². The number of rotatable bonds is 7. The molecule has 0 saturated carbocycles. The van der Waals surface area contributed by atoms with Crippen LogP contribution in [0.4, 0.5) is 0 Å². The van der Waals surface area contributed by atoms with Crippen molar-refractivity contribution in [2.45, 2.75) is 26.6 Å². The van der Waals surface area contributed by atoms with Gasteiger partial charge in [0.05, 0.1) is 6.61 Å². The van der Waals surface area contributed by atoms with Crippen LogP contribution in [0.25, 0.3) is 0 Å². The molecule has 1 N–H and O–H groups in total. The molecule has 2 aromatic rings. The number of ether oxygens (including phenoxy) is 1. The predicted molar refractivity (Wildman–Crippen MR) is 76.6 cm³/mol. The van der Waals surface area contributed by atoms with E-state index in [1.165, 1.54) is 16.7 Å². The molecule has 1 heterocycles. The summed E-state index contributed by atoms with van der Waals surface area (Å²) in [5, 5.41) is 3.44. The maximum Gasteiger partial charge on any atom is 0.0719 e. The summed E-state index contributed by atoms with van der Waals surface area (Å²) >= 11 is 0. The molecule has 0 aliphatic rings. The molecular formula is C16H20N2O. The Hall–Kier alpha value is -1.71. The summed E-state index contributed by atoms with van der Waals surface area (Å²) in [5.41, 5.74) is 3.74. The first-order valence-electron chi connectivity index (χ1n) is 6.64. The van der Waals surface area contributed by atoms with Crippen molar-refractivity contribution in [1.82, 2.24) is 10.3 Å². The fourth-order valence-electron chi connectivity index (χ4n) is 1.93. The monoisotopic (exact) mass is 256 g/mol. The van der Waals surface area contributed by atoms with E-state index < -0.39 is 0 Å². The van der Waals surface area contributed by atoms with Crippen molar-refractivity contribution >= 4 is 0 Å². The standard InChI is InChI=1S/C16H20N2O/c1-2-19-13-16-8-4-3-7-15(16)12-18-11-14-6-5-9-17-10-14/h3-10,18H,2,11-13H2,1H3. The lowest BCUT2D eigenvalue weighted by Gasteiger charge is -2.10.